The van der Waals surface area contributed by atoms with Crippen molar-refractivity contribution < 1.29 is 22.5 Å². The molecule has 4 rings (SSSR count). The van der Waals surface area contributed by atoms with Crippen LogP contribution in [0, 0.1) is 0 Å². The second-order valence-corrected chi connectivity index (χ2v) is 6.72. The number of carbonyl (C=O) groups excluding carboxylic acids is 1. The number of alkyl halides is 3. The number of halogens is 3. The largest absolute Gasteiger partial charge is 0.416 e. The highest BCUT2D eigenvalue weighted by Gasteiger charge is 2.30. The number of benzene rings is 1. The molecule has 1 aliphatic heterocycles. The molecule has 1 saturated heterocycles. The Bertz CT molecular complexity index is 1040. The van der Waals surface area contributed by atoms with Gasteiger partial charge in [-0.25, -0.2) is 9.78 Å². The summed E-state index contributed by atoms with van der Waals surface area (Å²) in [4.78, 5) is 23.4. The molecule has 1 aliphatic rings. The van der Waals surface area contributed by atoms with Crippen LogP contribution in [0.5, 0.6) is 0 Å². The highest BCUT2D eigenvalue weighted by atomic mass is 19.4. The van der Waals surface area contributed by atoms with Gasteiger partial charge in [0.25, 0.3) is 5.89 Å². The molecular weight excluding hydrogens is 401 g/mol. The molecule has 156 valence electrons. The van der Waals surface area contributed by atoms with Crippen molar-refractivity contribution in [3.8, 4) is 22.8 Å². The standard InChI is InChI=1S/C19H17F3N6O2/c20-19(21,22)14-3-1-2-12(10-14)16-25-17(30-26-16)13-4-5-15(24-11-13)27-6-8-28(9-7-27)18(23)29/h1-5,10-11H,6-9H2,(H2,23,29). The van der Waals surface area contributed by atoms with Gasteiger partial charge in [0.1, 0.15) is 5.82 Å². The number of nitrogens with two attached hydrogens (primary N) is 1. The maximum atomic E-state index is 12.9. The second-order valence-electron chi connectivity index (χ2n) is 6.72. The minimum atomic E-state index is -4.45. The Hall–Kier alpha value is -3.63. The van der Waals surface area contributed by atoms with E-state index in [-0.39, 0.29) is 17.3 Å². The van der Waals surface area contributed by atoms with E-state index in [0.29, 0.717) is 31.7 Å². The van der Waals surface area contributed by atoms with Crippen LogP contribution in [-0.2, 0) is 6.18 Å². The topological polar surface area (TPSA) is 101 Å². The van der Waals surface area contributed by atoms with E-state index < -0.39 is 17.8 Å². The molecule has 2 N–H and O–H groups in total. The maximum absolute atomic E-state index is 12.9. The quantitative estimate of drug-likeness (QED) is 0.702. The summed E-state index contributed by atoms with van der Waals surface area (Å²) in [6, 6.07) is 7.82. The number of amides is 2. The summed E-state index contributed by atoms with van der Waals surface area (Å²) >= 11 is 0. The van der Waals surface area contributed by atoms with Gasteiger partial charge >= 0.3 is 12.2 Å². The average molecular weight is 418 g/mol. The summed E-state index contributed by atoms with van der Waals surface area (Å²) in [6.07, 6.45) is -2.90. The van der Waals surface area contributed by atoms with Crippen LogP contribution in [0.1, 0.15) is 5.56 Å². The van der Waals surface area contributed by atoms with E-state index in [4.69, 9.17) is 10.3 Å². The predicted molar refractivity (Wildman–Crippen MR) is 101 cm³/mol. The van der Waals surface area contributed by atoms with Gasteiger partial charge in [0.2, 0.25) is 5.82 Å². The number of anilines is 1. The maximum Gasteiger partial charge on any atom is 0.416 e. The zero-order valence-electron chi connectivity index (χ0n) is 15.6. The van der Waals surface area contributed by atoms with Gasteiger partial charge in [0.15, 0.2) is 0 Å². The van der Waals surface area contributed by atoms with Crippen molar-refractivity contribution in [2.75, 3.05) is 31.1 Å². The Morgan fingerprint density at radius 3 is 2.47 bits per heavy atom. The van der Waals surface area contributed by atoms with E-state index >= 15 is 0 Å². The third-order valence-electron chi connectivity index (χ3n) is 4.78. The van der Waals surface area contributed by atoms with E-state index in [1.807, 2.05) is 4.90 Å². The van der Waals surface area contributed by atoms with E-state index in [1.165, 1.54) is 12.1 Å². The Kier molecular flexibility index (Phi) is 5.02. The van der Waals surface area contributed by atoms with E-state index in [0.717, 1.165) is 18.0 Å². The fourth-order valence-electron chi connectivity index (χ4n) is 3.15. The molecule has 30 heavy (non-hydrogen) atoms. The van der Waals surface area contributed by atoms with Crippen LogP contribution in [0.15, 0.2) is 47.1 Å². The first-order chi connectivity index (χ1) is 14.3. The minimum absolute atomic E-state index is 0.0581. The number of hydrogen-bond donors (Lipinski definition) is 1. The number of carbonyl (C=O) groups is 1. The Morgan fingerprint density at radius 2 is 1.83 bits per heavy atom. The van der Waals surface area contributed by atoms with Crippen LogP contribution in [0.25, 0.3) is 22.8 Å². The van der Waals surface area contributed by atoms with Gasteiger partial charge in [0.05, 0.1) is 11.1 Å². The highest BCUT2D eigenvalue weighted by Crippen LogP contribution is 2.32. The summed E-state index contributed by atoms with van der Waals surface area (Å²) in [7, 11) is 0. The molecule has 1 fully saturated rings. The third-order valence-corrected chi connectivity index (χ3v) is 4.78. The molecule has 0 atom stereocenters. The number of urea groups is 1. The van der Waals surface area contributed by atoms with Crippen LogP contribution in [0.3, 0.4) is 0 Å². The fourth-order valence-corrected chi connectivity index (χ4v) is 3.15. The number of primary amides is 1. The molecular formula is C19H17F3N6O2. The first-order valence-corrected chi connectivity index (χ1v) is 9.08. The normalized spacial score (nSPS) is 14.8. The van der Waals surface area contributed by atoms with Crippen molar-refractivity contribution in [3.05, 3.63) is 48.2 Å². The Morgan fingerprint density at radius 1 is 1.07 bits per heavy atom. The molecule has 1 aromatic carbocycles. The molecule has 0 bridgehead atoms. The Balaban J connectivity index is 1.49. The zero-order chi connectivity index (χ0) is 21.3. The number of nitrogens with zero attached hydrogens (tertiary/aromatic N) is 5. The van der Waals surface area contributed by atoms with Crippen LogP contribution >= 0.6 is 0 Å². The summed E-state index contributed by atoms with van der Waals surface area (Å²) in [5.41, 5.74) is 5.25. The zero-order valence-corrected chi connectivity index (χ0v) is 15.6. The average Bonchev–Trinajstić information content (AvgIpc) is 3.24. The lowest BCUT2D eigenvalue weighted by Gasteiger charge is -2.34. The van der Waals surface area contributed by atoms with Gasteiger partial charge in [-0.1, -0.05) is 17.3 Å². The van der Waals surface area contributed by atoms with Gasteiger partial charge in [-0.15, -0.1) is 0 Å². The van der Waals surface area contributed by atoms with Crippen molar-refractivity contribution in [2.45, 2.75) is 6.18 Å². The van der Waals surface area contributed by atoms with Crippen LogP contribution in [0.2, 0.25) is 0 Å². The Labute approximate surface area is 169 Å². The highest BCUT2D eigenvalue weighted by molar-refractivity contribution is 5.72. The number of hydrogen-bond acceptors (Lipinski definition) is 6. The van der Waals surface area contributed by atoms with Gasteiger partial charge < -0.3 is 20.1 Å². The van der Waals surface area contributed by atoms with Crippen molar-refractivity contribution >= 4 is 11.8 Å². The third kappa shape index (κ3) is 4.04. The number of piperazine rings is 1. The smallest absolute Gasteiger partial charge is 0.353 e. The van der Waals surface area contributed by atoms with Gasteiger partial charge in [-0.3, -0.25) is 0 Å². The molecule has 0 unspecified atom stereocenters. The van der Waals surface area contributed by atoms with Gasteiger partial charge in [0, 0.05) is 37.9 Å². The van der Waals surface area contributed by atoms with E-state index in [1.54, 1.807) is 23.2 Å². The molecule has 0 radical (unpaired) electrons. The molecule has 2 aromatic heterocycles. The molecule has 0 spiro atoms. The first kappa shape index (κ1) is 19.7. The molecule has 2 amide bonds. The number of rotatable bonds is 3. The summed E-state index contributed by atoms with van der Waals surface area (Å²) < 4.78 is 43.9. The lowest BCUT2D eigenvalue weighted by molar-refractivity contribution is -0.137. The number of pyridine rings is 1. The molecule has 3 heterocycles. The number of aromatic nitrogens is 3. The lowest BCUT2D eigenvalue weighted by atomic mass is 10.1. The van der Waals surface area contributed by atoms with Crippen molar-refractivity contribution in [2.24, 2.45) is 5.73 Å². The van der Waals surface area contributed by atoms with Gasteiger partial charge in [-0.2, -0.15) is 18.2 Å². The molecule has 8 nitrogen and oxygen atoms in total. The molecule has 3 aromatic rings. The monoisotopic (exact) mass is 418 g/mol. The molecule has 0 aliphatic carbocycles. The summed E-state index contributed by atoms with van der Waals surface area (Å²) in [6.45, 7) is 2.25. The lowest BCUT2D eigenvalue weighted by Crippen LogP contribution is -2.50. The fraction of sp³-hybridized carbons (Fsp3) is 0.263. The van der Waals surface area contributed by atoms with Crippen molar-refractivity contribution in [3.63, 3.8) is 0 Å². The van der Waals surface area contributed by atoms with Crippen LogP contribution in [-0.4, -0.2) is 52.2 Å². The molecule has 0 saturated carbocycles. The summed E-state index contributed by atoms with van der Waals surface area (Å²) in [5, 5.41) is 3.78. The predicted octanol–water partition coefficient (Wildman–Crippen LogP) is 3.02. The van der Waals surface area contributed by atoms with Crippen LogP contribution < -0.4 is 10.6 Å². The van der Waals surface area contributed by atoms with Crippen molar-refractivity contribution in [1.82, 2.24) is 20.0 Å². The SMILES string of the molecule is NC(=O)N1CCN(c2ccc(-c3nc(-c4cccc(C(F)(F)F)c4)no3)cn2)CC1. The van der Waals surface area contributed by atoms with Gasteiger partial charge in [-0.05, 0) is 24.3 Å². The first-order valence-electron chi connectivity index (χ1n) is 9.08. The van der Waals surface area contributed by atoms with Crippen molar-refractivity contribution in [1.29, 1.82) is 0 Å². The molecule has 11 heteroatoms. The minimum Gasteiger partial charge on any atom is -0.353 e. The van der Waals surface area contributed by atoms with E-state index in [2.05, 4.69) is 15.1 Å². The van der Waals surface area contributed by atoms with E-state index in [9.17, 15) is 18.0 Å². The second kappa shape index (κ2) is 7.65. The van der Waals surface area contributed by atoms with Crippen LogP contribution in [0.4, 0.5) is 23.8 Å². The summed E-state index contributed by atoms with van der Waals surface area (Å²) in [5.74, 6) is 0.934.